The molecule has 1 aromatic carbocycles. The third-order valence-electron chi connectivity index (χ3n) is 5.53. The summed E-state index contributed by atoms with van der Waals surface area (Å²) < 4.78 is 17.1. The summed E-state index contributed by atoms with van der Waals surface area (Å²) in [5, 5.41) is 0. The Bertz CT molecular complexity index is 579. The van der Waals surface area contributed by atoms with Crippen LogP contribution < -0.4 is 9.47 Å². The van der Waals surface area contributed by atoms with Crippen LogP contribution in [0.3, 0.4) is 0 Å². The molecule has 0 saturated carbocycles. The third kappa shape index (κ3) is 9.14. The lowest BCUT2D eigenvalue weighted by Gasteiger charge is -2.15. The predicted octanol–water partition coefficient (Wildman–Crippen LogP) is 7.15. The van der Waals surface area contributed by atoms with Crippen LogP contribution in [0.15, 0.2) is 30.5 Å². The van der Waals surface area contributed by atoms with Crippen LogP contribution in [0, 0.1) is 17.8 Å². The summed E-state index contributed by atoms with van der Waals surface area (Å²) in [4.78, 5) is 0. The topological polar surface area (TPSA) is 27.7 Å². The van der Waals surface area contributed by atoms with Gasteiger partial charge in [-0.05, 0) is 47.9 Å². The smallest absolute Gasteiger partial charge is 0.168 e. The van der Waals surface area contributed by atoms with Gasteiger partial charge < -0.3 is 14.2 Å². The predicted molar refractivity (Wildman–Crippen MR) is 117 cm³/mol. The van der Waals surface area contributed by atoms with Gasteiger partial charge in [0.1, 0.15) is 6.61 Å². The minimum Gasteiger partial charge on any atom is -0.485 e. The molecule has 1 aliphatic rings. The normalized spacial score (nSPS) is 15.5. The van der Waals surface area contributed by atoms with Gasteiger partial charge in [0.2, 0.25) is 0 Å². The molecule has 0 aliphatic carbocycles. The maximum atomic E-state index is 5.90. The van der Waals surface area contributed by atoms with E-state index >= 15 is 0 Å². The second-order valence-electron chi connectivity index (χ2n) is 8.89. The fourth-order valence-electron chi connectivity index (χ4n) is 3.60. The molecule has 2 atom stereocenters. The van der Waals surface area contributed by atoms with Gasteiger partial charge >= 0.3 is 0 Å². The fourth-order valence-corrected chi connectivity index (χ4v) is 3.60. The zero-order valence-electron chi connectivity index (χ0n) is 18.4. The zero-order valence-corrected chi connectivity index (χ0v) is 18.4. The number of fused-ring (bicyclic) bond motifs is 1. The Labute approximate surface area is 172 Å². The highest BCUT2D eigenvalue weighted by atomic mass is 16.5. The van der Waals surface area contributed by atoms with Crippen molar-refractivity contribution in [3.63, 3.8) is 0 Å². The molecule has 0 amide bonds. The van der Waals surface area contributed by atoms with Crippen molar-refractivity contribution in [1.82, 2.24) is 0 Å². The molecule has 2 unspecified atom stereocenters. The number of benzene rings is 1. The van der Waals surface area contributed by atoms with E-state index in [0.717, 1.165) is 47.8 Å². The first kappa shape index (κ1) is 22.8. The summed E-state index contributed by atoms with van der Waals surface area (Å²) in [5.41, 5.74) is 1.13. The Kier molecular flexibility index (Phi) is 10.5. The van der Waals surface area contributed by atoms with E-state index in [4.69, 9.17) is 14.2 Å². The molecule has 1 heterocycles. The van der Waals surface area contributed by atoms with Crippen molar-refractivity contribution in [2.75, 3.05) is 13.2 Å². The summed E-state index contributed by atoms with van der Waals surface area (Å²) >= 11 is 0. The van der Waals surface area contributed by atoms with E-state index in [1.54, 1.807) is 6.26 Å². The average Bonchev–Trinajstić information content (AvgIpc) is 2.90. The molecule has 1 aromatic rings. The molecule has 0 bridgehead atoms. The van der Waals surface area contributed by atoms with Gasteiger partial charge in [-0.3, -0.25) is 0 Å². The highest BCUT2D eigenvalue weighted by Gasteiger charge is 2.09. The Balaban J connectivity index is 1.54. The van der Waals surface area contributed by atoms with E-state index in [2.05, 4.69) is 33.8 Å². The van der Waals surface area contributed by atoms with E-state index in [-0.39, 0.29) is 0 Å². The molecule has 0 N–H and O–H groups in total. The van der Waals surface area contributed by atoms with Crippen LogP contribution in [-0.2, 0) is 11.3 Å². The molecule has 0 fully saturated rings. The van der Waals surface area contributed by atoms with Crippen molar-refractivity contribution in [2.24, 2.45) is 17.8 Å². The van der Waals surface area contributed by atoms with Crippen LogP contribution in [0.5, 0.6) is 11.5 Å². The first-order valence-electron chi connectivity index (χ1n) is 11.2. The number of hydrogen-bond donors (Lipinski definition) is 0. The van der Waals surface area contributed by atoms with Crippen LogP contribution in [0.2, 0.25) is 0 Å². The van der Waals surface area contributed by atoms with Crippen LogP contribution in [0.1, 0.15) is 78.2 Å². The van der Waals surface area contributed by atoms with Gasteiger partial charge in [0, 0.05) is 6.61 Å². The molecule has 2 rings (SSSR count). The minimum absolute atomic E-state index is 0.553. The molecule has 0 saturated heterocycles. The lowest BCUT2D eigenvalue weighted by Crippen LogP contribution is -2.04. The van der Waals surface area contributed by atoms with Crippen LogP contribution in [-0.4, -0.2) is 13.2 Å². The quantitative estimate of drug-likeness (QED) is 0.336. The largest absolute Gasteiger partial charge is 0.485 e. The molecule has 0 radical (unpaired) electrons. The first-order valence-corrected chi connectivity index (χ1v) is 11.2. The van der Waals surface area contributed by atoms with Gasteiger partial charge in [-0.25, -0.2) is 0 Å². The van der Waals surface area contributed by atoms with Crippen molar-refractivity contribution in [2.45, 2.75) is 79.2 Å². The molecule has 0 aromatic heterocycles. The standard InChI is InChI=1S/C25H40O3/c1-20(2)8-5-9-21(3)10-6-11-22(4)14-17-26-19-23-12-13-24-25(18-23)28-16-7-15-27-24/h7,12-13,16,18,20-22H,5-6,8-11,14-15,17,19H2,1-4H3. The van der Waals surface area contributed by atoms with Gasteiger partial charge in [-0.15, -0.1) is 0 Å². The summed E-state index contributed by atoms with van der Waals surface area (Å²) in [5.74, 6) is 4.01. The van der Waals surface area contributed by atoms with E-state index in [1.807, 2.05) is 18.2 Å². The monoisotopic (exact) mass is 388 g/mol. The lowest BCUT2D eigenvalue weighted by molar-refractivity contribution is 0.107. The molecule has 158 valence electrons. The summed E-state index contributed by atoms with van der Waals surface area (Å²) in [7, 11) is 0. The molecular weight excluding hydrogens is 348 g/mol. The fraction of sp³-hybridized carbons (Fsp3) is 0.680. The van der Waals surface area contributed by atoms with Gasteiger partial charge in [-0.2, -0.15) is 0 Å². The molecular formula is C25H40O3. The molecule has 3 nitrogen and oxygen atoms in total. The molecule has 3 heteroatoms. The Hall–Kier alpha value is -1.48. The highest BCUT2D eigenvalue weighted by molar-refractivity contribution is 5.43. The van der Waals surface area contributed by atoms with Crippen molar-refractivity contribution in [3.05, 3.63) is 36.1 Å². The SMILES string of the molecule is CC(C)CCCC(C)CCCC(C)CCOCc1ccc2c(c1)OC=CCO2. The second kappa shape index (κ2) is 12.9. The van der Waals surface area contributed by atoms with Crippen LogP contribution in [0.4, 0.5) is 0 Å². The van der Waals surface area contributed by atoms with E-state index < -0.39 is 0 Å². The van der Waals surface area contributed by atoms with Gasteiger partial charge in [0.25, 0.3) is 0 Å². The average molecular weight is 389 g/mol. The van der Waals surface area contributed by atoms with E-state index in [9.17, 15) is 0 Å². The second-order valence-corrected chi connectivity index (χ2v) is 8.89. The molecule has 1 aliphatic heterocycles. The van der Waals surface area contributed by atoms with Crippen molar-refractivity contribution in [1.29, 1.82) is 0 Å². The van der Waals surface area contributed by atoms with Crippen molar-refractivity contribution < 1.29 is 14.2 Å². The van der Waals surface area contributed by atoms with Crippen molar-refractivity contribution in [3.8, 4) is 11.5 Å². The Morgan fingerprint density at radius 2 is 1.61 bits per heavy atom. The number of ether oxygens (including phenoxy) is 3. The lowest BCUT2D eigenvalue weighted by atomic mass is 9.93. The Morgan fingerprint density at radius 1 is 0.893 bits per heavy atom. The third-order valence-corrected chi connectivity index (χ3v) is 5.53. The summed E-state index contributed by atoms with van der Waals surface area (Å²) in [6.45, 7) is 11.4. The summed E-state index contributed by atoms with van der Waals surface area (Å²) in [6, 6.07) is 6.03. The summed E-state index contributed by atoms with van der Waals surface area (Å²) in [6.07, 6.45) is 12.9. The van der Waals surface area contributed by atoms with Gasteiger partial charge in [-0.1, -0.05) is 72.3 Å². The zero-order chi connectivity index (χ0) is 20.2. The molecule has 0 spiro atoms. The number of rotatable bonds is 13. The van der Waals surface area contributed by atoms with Crippen molar-refractivity contribution >= 4 is 0 Å². The number of hydrogen-bond acceptors (Lipinski definition) is 3. The maximum Gasteiger partial charge on any atom is 0.168 e. The van der Waals surface area contributed by atoms with Crippen LogP contribution in [0.25, 0.3) is 0 Å². The maximum absolute atomic E-state index is 5.90. The Morgan fingerprint density at radius 3 is 2.36 bits per heavy atom. The van der Waals surface area contributed by atoms with Gasteiger partial charge in [0.15, 0.2) is 11.5 Å². The van der Waals surface area contributed by atoms with E-state index in [1.165, 1.54) is 38.5 Å². The first-order chi connectivity index (χ1) is 13.5. The minimum atomic E-state index is 0.553. The van der Waals surface area contributed by atoms with Gasteiger partial charge in [0.05, 0.1) is 12.9 Å². The van der Waals surface area contributed by atoms with Crippen LogP contribution >= 0.6 is 0 Å². The molecule has 28 heavy (non-hydrogen) atoms. The van der Waals surface area contributed by atoms with E-state index in [0.29, 0.717) is 13.2 Å². The highest BCUT2D eigenvalue weighted by Crippen LogP contribution is 2.30.